The van der Waals surface area contributed by atoms with Gasteiger partial charge in [-0.2, -0.15) is 5.10 Å². The lowest BCUT2D eigenvalue weighted by molar-refractivity contribution is 0.0990. The van der Waals surface area contributed by atoms with E-state index in [1.165, 1.54) is 10.9 Å². The fourth-order valence-corrected chi connectivity index (χ4v) is 2.96. The van der Waals surface area contributed by atoms with E-state index in [1.54, 1.807) is 56.4 Å². The van der Waals surface area contributed by atoms with Gasteiger partial charge in [-0.05, 0) is 37.1 Å². The van der Waals surface area contributed by atoms with Crippen LogP contribution in [0.25, 0.3) is 0 Å². The molecule has 29 heavy (non-hydrogen) atoms. The molecule has 0 unspecified atom stereocenters. The van der Waals surface area contributed by atoms with E-state index >= 15 is 0 Å². The number of amides is 1. The summed E-state index contributed by atoms with van der Waals surface area (Å²) < 4.78 is 1.50. The Morgan fingerprint density at radius 2 is 1.79 bits per heavy atom. The number of phenols is 1. The number of phenolic OH excluding ortho intramolecular Hbond substituents is 1. The Balaban J connectivity index is 1.80. The molecular formula is C22H22N4O3. The zero-order valence-electron chi connectivity index (χ0n) is 16.5. The number of rotatable bonds is 6. The van der Waals surface area contributed by atoms with Crippen molar-refractivity contribution in [3.63, 3.8) is 0 Å². The van der Waals surface area contributed by atoms with Gasteiger partial charge in [-0.15, -0.1) is 0 Å². The molecule has 0 atom stereocenters. The summed E-state index contributed by atoms with van der Waals surface area (Å²) in [6, 6.07) is 11.8. The molecule has 0 spiro atoms. The van der Waals surface area contributed by atoms with Crippen LogP contribution in [0.3, 0.4) is 0 Å². The van der Waals surface area contributed by atoms with Crippen molar-refractivity contribution < 1.29 is 14.7 Å². The second kappa shape index (κ2) is 8.10. The second-order valence-corrected chi connectivity index (χ2v) is 6.91. The highest BCUT2D eigenvalue weighted by Gasteiger charge is 2.20. The number of benzene rings is 2. The summed E-state index contributed by atoms with van der Waals surface area (Å²) in [5, 5.41) is 24.4. The molecule has 3 N–H and O–H groups in total. The summed E-state index contributed by atoms with van der Waals surface area (Å²) in [5.41, 5.74) is 3.59. The van der Waals surface area contributed by atoms with Crippen LogP contribution in [0, 0.1) is 12.3 Å². The third-order valence-electron chi connectivity index (χ3n) is 4.68. The van der Waals surface area contributed by atoms with E-state index in [9.17, 15) is 14.7 Å². The normalized spacial score (nSPS) is 10.6. The zero-order chi connectivity index (χ0) is 21.1. The number of carbonyl (C=O) groups excluding carboxylic acids is 2. The van der Waals surface area contributed by atoms with Crippen molar-refractivity contribution in [3.8, 4) is 5.75 Å². The third kappa shape index (κ3) is 4.40. The Morgan fingerprint density at radius 3 is 2.41 bits per heavy atom. The Labute approximate surface area is 168 Å². The van der Waals surface area contributed by atoms with Gasteiger partial charge in [-0.25, -0.2) is 0 Å². The molecule has 2 aromatic carbocycles. The van der Waals surface area contributed by atoms with Crippen molar-refractivity contribution in [2.75, 3.05) is 5.32 Å². The van der Waals surface area contributed by atoms with E-state index in [1.807, 2.05) is 6.92 Å². The average Bonchev–Trinajstić information content (AvgIpc) is 3.04. The lowest BCUT2D eigenvalue weighted by Crippen LogP contribution is -2.17. The fourth-order valence-electron chi connectivity index (χ4n) is 2.96. The van der Waals surface area contributed by atoms with Gasteiger partial charge in [-0.3, -0.25) is 14.3 Å². The summed E-state index contributed by atoms with van der Waals surface area (Å²) >= 11 is 0. The average molecular weight is 390 g/mol. The molecule has 148 valence electrons. The van der Waals surface area contributed by atoms with E-state index in [-0.39, 0.29) is 23.5 Å². The van der Waals surface area contributed by atoms with Crippen molar-refractivity contribution in [3.05, 3.63) is 76.6 Å². The van der Waals surface area contributed by atoms with E-state index in [4.69, 9.17) is 5.41 Å². The number of anilines is 1. The number of carbonyl (C=O) groups is 2. The smallest absolute Gasteiger partial charge is 0.259 e. The highest BCUT2D eigenvalue weighted by Crippen LogP contribution is 2.25. The van der Waals surface area contributed by atoms with Crippen LogP contribution < -0.4 is 5.32 Å². The van der Waals surface area contributed by atoms with E-state index in [0.29, 0.717) is 22.7 Å². The minimum Gasteiger partial charge on any atom is -0.506 e. The van der Waals surface area contributed by atoms with Crippen molar-refractivity contribution >= 4 is 23.1 Å². The predicted octanol–water partition coefficient (Wildman–Crippen LogP) is 3.50. The van der Waals surface area contributed by atoms with E-state index in [2.05, 4.69) is 10.4 Å². The van der Waals surface area contributed by atoms with Crippen LogP contribution in [0.2, 0.25) is 0 Å². The number of ketones is 1. The zero-order valence-corrected chi connectivity index (χ0v) is 16.5. The van der Waals surface area contributed by atoms with Gasteiger partial charge in [0.05, 0.1) is 29.6 Å². The van der Waals surface area contributed by atoms with Crippen LogP contribution in [-0.2, 0) is 13.5 Å². The number of aryl methyl sites for hydroxylation is 2. The summed E-state index contributed by atoms with van der Waals surface area (Å²) in [6.07, 6.45) is 1.41. The lowest BCUT2D eigenvalue weighted by Gasteiger charge is -2.09. The number of hydrogen-bond acceptors (Lipinski definition) is 5. The first-order valence-corrected chi connectivity index (χ1v) is 9.07. The predicted molar refractivity (Wildman–Crippen MR) is 111 cm³/mol. The molecule has 0 fully saturated rings. The summed E-state index contributed by atoms with van der Waals surface area (Å²) in [5.74, 6) is -0.633. The Kier molecular flexibility index (Phi) is 5.59. The fraction of sp³-hybridized carbons (Fsp3) is 0.182. The standard InChI is InChI=1S/C22H22N4O3/c1-13-4-9-18(21(28)10-13)25-22(29)17-12-24-26(3)19(17)11-20(27)16-7-5-15(6-8-16)14(2)23/h4-10,12,23,28H,11H2,1-3H3,(H,25,29). The number of aromatic nitrogens is 2. The molecule has 0 saturated heterocycles. The van der Waals surface area contributed by atoms with Gasteiger partial charge >= 0.3 is 0 Å². The monoisotopic (exact) mass is 390 g/mol. The largest absolute Gasteiger partial charge is 0.506 e. The summed E-state index contributed by atoms with van der Waals surface area (Å²) in [6.45, 7) is 3.52. The number of Topliss-reactive ketones (excluding diaryl/α,β-unsaturated/α-hetero) is 1. The third-order valence-corrected chi connectivity index (χ3v) is 4.68. The molecule has 3 rings (SSSR count). The number of nitrogens with one attached hydrogen (secondary N) is 2. The minimum absolute atomic E-state index is 0.00204. The first kappa shape index (κ1) is 20.0. The van der Waals surface area contributed by atoms with Gasteiger partial charge in [0, 0.05) is 18.3 Å². The van der Waals surface area contributed by atoms with Gasteiger partial charge in [0.1, 0.15) is 5.75 Å². The molecule has 0 aliphatic heterocycles. The van der Waals surface area contributed by atoms with Crippen LogP contribution >= 0.6 is 0 Å². The second-order valence-electron chi connectivity index (χ2n) is 6.91. The van der Waals surface area contributed by atoms with Gasteiger partial charge < -0.3 is 15.8 Å². The van der Waals surface area contributed by atoms with Gasteiger partial charge in [-0.1, -0.05) is 30.3 Å². The van der Waals surface area contributed by atoms with Crippen LogP contribution in [0.1, 0.15) is 44.5 Å². The number of aromatic hydroxyl groups is 1. The van der Waals surface area contributed by atoms with Crippen LogP contribution in [0.5, 0.6) is 5.75 Å². The molecule has 7 nitrogen and oxygen atoms in total. The molecular weight excluding hydrogens is 368 g/mol. The van der Waals surface area contributed by atoms with Crippen molar-refractivity contribution in [1.82, 2.24) is 9.78 Å². The van der Waals surface area contributed by atoms with Crippen molar-refractivity contribution in [2.24, 2.45) is 7.05 Å². The molecule has 7 heteroatoms. The van der Waals surface area contributed by atoms with Gasteiger partial charge in [0.15, 0.2) is 5.78 Å². The quantitative estimate of drug-likeness (QED) is 0.340. The van der Waals surface area contributed by atoms with Gasteiger partial charge in [0.2, 0.25) is 0 Å². The molecule has 0 bridgehead atoms. The van der Waals surface area contributed by atoms with Crippen molar-refractivity contribution in [2.45, 2.75) is 20.3 Å². The Bertz CT molecular complexity index is 1100. The maximum absolute atomic E-state index is 12.7. The Hall–Kier alpha value is -3.74. The lowest BCUT2D eigenvalue weighted by atomic mass is 10.0. The highest BCUT2D eigenvalue weighted by molar-refractivity contribution is 6.07. The summed E-state index contributed by atoms with van der Waals surface area (Å²) in [4.78, 5) is 25.4. The molecule has 3 aromatic rings. The molecule has 1 aromatic heterocycles. The topological polar surface area (TPSA) is 108 Å². The molecule has 1 amide bonds. The first-order chi connectivity index (χ1) is 13.8. The maximum atomic E-state index is 12.7. The number of nitrogens with zero attached hydrogens (tertiary/aromatic N) is 2. The SMILES string of the molecule is CC(=N)c1ccc(C(=O)Cc2c(C(=O)Nc3ccc(C)cc3O)cnn2C)cc1. The van der Waals surface area contributed by atoms with E-state index in [0.717, 1.165) is 11.1 Å². The maximum Gasteiger partial charge on any atom is 0.259 e. The van der Waals surface area contributed by atoms with Crippen LogP contribution in [0.4, 0.5) is 5.69 Å². The molecule has 0 aliphatic rings. The summed E-state index contributed by atoms with van der Waals surface area (Å²) in [7, 11) is 1.67. The van der Waals surface area contributed by atoms with E-state index < -0.39 is 5.91 Å². The van der Waals surface area contributed by atoms with Crippen LogP contribution in [0.15, 0.2) is 48.7 Å². The minimum atomic E-state index is -0.449. The Morgan fingerprint density at radius 1 is 1.14 bits per heavy atom. The van der Waals surface area contributed by atoms with Gasteiger partial charge in [0.25, 0.3) is 5.91 Å². The first-order valence-electron chi connectivity index (χ1n) is 9.07. The molecule has 1 heterocycles. The molecule has 0 aliphatic carbocycles. The van der Waals surface area contributed by atoms with Crippen LogP contribution in [-0.4, -0.2) is 32.3 Å². The molecule has 0 radical (unpaired) electrons. The highest BCUT2D eigenvalue weighted by atomic mass is 16.3. The molecule has 0 saturated carbocycles. The van der Waals surface area contributed by atoms with Crippen molar-refractivity contribution in [1.29, 1.82) is 5.41 Å². The number of hydrogen-bond donors (Lipinski definition) is 3.